The van der Waals surface area contributed by atoms with Gasteiger partial charge in [0, 0.05) is 31.2 Å². The molecule has 3 aliphatic rings. The third kappa shape index (κ3) is 7.09. The van der Waals surface area contributed by atoms with Gasteiger partial charge < -0.3 is 10.1 Å². The van der Waals surface area contributed by atoms with Crippen molar-refractivity contribution in [2.75, 3.05) is 23.7 Å². The summed E-state index contributed by atoms with van der Waals surface area (Å²) in [6, 6.07) is 19.1. The highest BCUT2D eigenvalue weighted by molar-refractivity contribution is 7.91. The molecule has 2 fully saturated rings. The Morgan fingerprint density at radius 3 is 2.40 bits per heavy atom. The van der Waals surface area contributed by atoms with E-state index >= 15 is 4.39 Å². The van der Waals surface area contributed by atoms with Gasteiger partial charge in [0.25, 0.3) is 0 Å². The van der Waals surface area contributed by atoms with Gasteiger partial charge in [-0.1, -0.05) is 50.5 Å². The number of ether oxygens (including phenoxy) is 1. The largest absolute Gasteiger partial charge is 0.491 e. The molecule has 10 heteroatoms. The van der Waals surface area contributed by atoms with Gasteiger partial charge in [-0.25, -0.2) is 17.6 Å². The Labute approximate surface area is 277 Å². The maximum Gasteiger partial charge on any atom is 0.350 e. The van der Waals surface area contributed by atoms with Crippen molar-refractivity contribution in [2.45, 2.75) is 94.8 Å². The van der Waals surface area contributed by atoms with Crippen molar-refractivity contribution in [2.24, 2.45) is 4.99 Å². The van der Waals surface area contributed by atoms with Gasteiger partial charge in [0.15, 0.2) is 9.84 Å². The third-order valence-corrected chi connectivity index (χ3v) is 11.4. The van der Waals surface area contributed by atoms with Gasteiger partial charge >= 0.3 is 6.03 Å². The number of urea groups is 1. The van der Waals surface area contributed by atoms with Crippen LogP contribution in [-0.4, -0.2) is 61.7 Å². The molecule has 1 N–H and O–H groups in total. The summed E-state index contributed by atoms with van der Waals surface area (Å²) in [5.74, 6) is 1.08. The summed E-state index contributed by atoms with van der Waals surface area (Å²) < 4.78 is 45.9. The van der Waals surface area contributed by atoms with E-state index in [4.69, 9.17) is 4.74 Å². The van der Waals surface area contributed by atoms with Crippen molar-refractivity contribution >= 4 is 27.4 Å². The van der Waals surface area contributed by atoms with Gasteiger partial charge in [0.05, 0.1) is 22.4 Å². The van der Waals surface area contributed by atoms with Gasteiger partial charge in [-0.2, -0.15) is 4.99 Å². The molecule has 3 aromatic rings. The Morgan fingerprint density at radius 2 is 1.72 bits per heavy atom. The number of hydrogen-bond acceptors (Lipinski definition) is 6. The van der Waals surface area contributed by atoms with Crippen LogP contribution in [0, 0.1) is 5.82 Å². The molecule has 1 saturated carbocycles. The molecule has 6 rings (SSSR count). The molecule has 1 aliphatic carbocycles. The predicted molar refractivity (Wildman–Crippen MR) is 184 cm³/mol. The minimum absolute atomic E-state index is 0.00122. The Bertz CT molecular complexity index is 1730. The highest BCUT2D eigenvalue weighted by Gasteiger charge is 2.53. The summed E-state index contributed by atoms with van der Waals surface area (Å²) >= 11 is 0. The maximum atomic E-state index is 15.1. The predicted octanol–water partition coefficient (Wildman–Crippen LogP) is 7.37. The minimum atomic E-state index is -3.38. The van der Waals surface area contributed by atoms with Crippen LogP contribution in [0.25, 0.3) is 11.1 Å². The molecule has 8 nitrogen and oxygen atoms in total. The van der Waals surface area contributed by atoms with E-state index in [1.807, 2.05) is 26.0 Å². The molecule has 3 aromatic carbocycles. The van der Waals surface area contributed by atoms with Crippen molar-refractivity contribution in [1.29, 1.82) is 0 Å². The zero-order valence-electron chi connectivity index (χ0n) is 27.5. The highest BCUT2D eigenvalue weighted by atomic mass is 32.2. The van der Waals surface area contributed by atoms with E-state index in [-0.39, 0.29) is 22.8 Å². The molecular formula is C37H45FN4O4S. The van der Waals surface area contributed by atoms with E-state index in [2.05, 4.69) is 27.3 Å². The van der Waals surface area contributed by atoms with E-state index in [1.165, 1.54) is 18.6 Å². The number of sulfone groups is 1. The number of aliphatic imine (C=N–C) groups is 1. The summed E-state index contributed by atoms with van der Waals surface area (Å²) in [4.78, 5) is 23.0. The minimum Gasteiger partial charge on any atom is -0.491 e. The van der Waals surface area contributed by atoms with Crippen molar-refractivity contribution in [3.63, 3.8) is 0 Å². The number of carbonyl (C=O) groups is 1. The number of anilines is 1. The molecule has 2 aliphatic heterocycles. The van der Waals surface area contributed by atoms with Gasteiger partial charge in [-0.3, -0.25) is 9.80 Å². The quantitative estimate of drug-likeness (QED) is 0.258. The fourth-order valence-electron chi connectivity index (χ4n) is 7.21. The molecule has 0 unspecified atom stereocenters. The molecule has 0 atom stereocenters. The number of nitrogens with one attached hydrogen (secondary N) is 1. The lowest BCUT2D eigenvalue weighted by atomic mass is 9.83. The lowest BCUT2D eigenvalue weighted by Gasteiger charge is -2.46. The molecular weight excluding hydrogens is 615 g/mol. The molecule has 0 aromatic heterocycles. The van der Waals surface area contributed by atoms with Crippen LogP contribution in [0.1, 0.15) is 71.3 Å². The second kappa shape index (κ2) is 13.8. The number of carbonyl (C=O) groups excluding carboxylic acids is 1. The number of benzene rings is 3. The van der Waals surface area contributed by atoms with Crippen LogP contribution in [0.4, 0.5) is 14.9 Å². The summed E-state index contributed by atoms with van der Waals surface area (Å²) in [6.07, 6.45) is 6.90. The third-order valence-electron chi connectivity index (χ3n) is 9.68. The van der Waals surface area contributed by atoms with Crippen molar-refractivity contribution < 1.29 is 22.3 Å². The Balaban J connectivity index is 1.33. The molecule has 1 saturated heterocycles. The highest BCUT2D eigenvalue weighted by Crippen LogP contribution is 2.43. The zero-order valence-corrected chi connectivity index (χ0v) is 28.4. The molecule has 47 heavy (non-hydrogen) atoms. The summed E-state index contributed by atoms with van der Waals surface area (Å²) in [7, 11) is -3.38. The summed E-state index contributed by atoms with van der Waals surface area (Å²) in [6.45, 7) is 7.84. The van der Waals surface area contributed by atoms with Gasteiger partial charge in [0.2, 0.25) is 0 Å². The number of amides is 2. The average Bonchev–Trinajstić information content (AvgIpc) is 3.31. The van der Waals surface area contributed by atoms with Gasteiger partial charge in [0.1, 0.15) is 22.9 Å². The monoisotopic (exact) mass is 660 g/mol. The molecule has 2 heterocycles. The SMILES string of the molecule is CCS(=O)(=O)c1ccc(-c2ccc(F)cc2N2C(=O)N=C(NC3CCCCC3)C23CCN(Cc2cccc(OC(C)C)c2)CC3)cc1. The van der Waals surface area contributed by atoms with Crippen molar-refractivity contribution in [3.05, 3.63) is 78.1 Å². The Morgan fingerprint density at radius 1 is 1.00 bits per heavy atom. The number of piperidine rings is 1. The Hall–Kier alpha value is -3.76. The number of hydrogen-bond donors (Lipinski definition) is 1. The molecule has 0 radical (unpaired) electrons. The van der Waals surface area contributed by atoms with E-state index in [1.54, 1.807) is 42.2 Å². The van der Waals surface area contributed by atoms with Gasteiger partial charge in [-0.15, -0.1) is 0 Å². The van der Waals surface area contributed by atoms with E-state index in [0.717, 1.165) is 56.6 Å². The topological polar surface area (TPSA) is 91.3 Å². The first-order chi connectivity index (χ1) is 22.6. The van der Waals surface area contributed by atoms with Crippen molar-refractivity contribution in [1.82, 2.24) is 10.2 Å². The van der Waals surface area contributed by atoms with Crippen LogP contribution in [-0.2, 0) is 16.4 Å². The lowest BCUT2D eigenvalue weighted by molar-refractivity contribution is 0.181. The maximum absolute atomic E-state index is 15.1. The van der Waals surface area contributed by atoms with E-state index in [9.17, 15) is 13.2 Å². The first-order valence-corrected chi connectivity index (χ1v) is 18.5. The average molecular weight is 661 g/mol. The number of halogens is 1. The normalized spacial score (nSPS) is 19.0. The fraction of sp³-hybridized carbons (Fsp3) is 0.459. The first-order valence-electron chi connectivity index (χ1n) is 16.9. The number of amidine groups is 1. The summed E-state index contributed by atoms with van der Waals surface area (Å²) in [5.41, 5.74) is 2.19. The molecule has 0 bridgehead atoms. The zero-order chi connectivity index (χ0) is 33.2. The standard InChI is InChI=1S/C37H45FN4O4S/c1-4-47(44,45)32-16-13-28(14-17-32)33-18-15-29(38)24-34(33)42-36(43)40-35(39-30-10-6-5-7-11-30)37(42)19-21-41(22-20-37)25-27-9-8-12-31(23-27)46-26(2)3/h8-9,12-18,23-24,26,30H,4-7,10-11,19-22,25H2,1-3H3,(H,39,40,43). The Kier molecular flexibility index (Phi) is 9.71. The van der Waals surface area contributed by atoms with Crippen LogP contribution >= 0.6 is 0 Å². The van der Waals surface area contributed by atoms with Crippen LogP contribution in [0.3, 0.4) is 0 Å². The number of likely N-dealkylation sites (tertiary alicyclic amines) is 1. The van der Waals surface area contributed by atoms with Crippen LogP contribution in [0.15, 0.2) is 76.6 Å². The molecule has 1 spiro atoms. The first kappa shape index (κ1) is 33.2. The van der Waals surface area contributed by atoms with E-state index in [0.29, 0.717) is 35.5 Å². The van der Waals surface area contributed by atoms with Crippen LogP contribution in [0.5, 0.6) is 5.75 Å². The van der Waals surface area contributed by atoms with Crippen LogP contribution < -0.4 is 15.0 Å². The number of nitrogens with zero attached hydrogens (tertiary/aromatic N) is 3. The smallest absolute Gasteiger partial charge is 0.350 e. The lowest BCUT2D eigenvalue weighted by Crippen LogP contribution is -2.62. The second-order valence-corrected chi connectivity index (χ2v) is 15.5. The van der Waals surface area contributed by atoms with E-state index < -0.39 is 27.2 Å². The summed E-state index contributed by atoms with van der Waals surface area (Å²) in [5, 5.41) is 3.70. The molecule has 250 valence electrons. The number of rotatable bonds is 9. The fourth-order valence-corrected chi connectivity index (χ4v) is 8.09. The van der Waals surface area contributed by atoms with Crippen molar-refractivity contribution in [3.8, 4) is 16.9 Å². The van der Waals surface area contributed by atoms with Gasteiger partial charge in [-0.05, 0) is 93.1 Å². The van der Waals surface area contributed by atoms with Crippen LogP contribution in [0.2, 0.25) is 0 Å². The molecule has 2 amide bonds. The second-order valence-electron chi connectivity index (χ2n) is 13.3.